The summed E-state index contributed by atoms with van der Waals surface area (Å²) in [7, 11) is 0. The van der Waals surface area contributed by atoms with Gasteiger partial charge >= 0.3 is 30.5 Å². The summed E-state index contributed by atoms with van der Waals surface area (Å²) in [5, 5.41) is 5.14. The lowest BCUT2D eigenvalue weighted by molar-refractivity contribution is -0.115. The van der Waals surface area contributed by atoms with E-state index in [0.29, 0.717) is 0 Å². The van der Waals surface area contributed by atoms with Crippen molar-refractivity contribution >= 4 is 36.4 Å². The SMILES string of the molecule is C#CC(=O)NCCN(CCN(CCN(CCN(CCNC(=O)OC(C)(C)C)C(=O)OC(C)(C)C)C(=O)OC(C)(C)C)C(=O)OC(C)(C)C)C(=O)OC(C)(C)C. The number of nitrogens with one attached hydrogen (secondary N) is 2. The Hall–Kier alpha value is -4.62. The van der Waals surface area contributed by atoms with Gasteiger partial charge in [-0.1, -0.05) is 0 Å². The van der Waals surface area contributed by atoms with Crippen molar-refractivity contribution in [1.29, 1.82) is 0 Å². The van der Waals surface area contributed by atoms with Crippen LogP contribution in [-0.2, 0) is 28.5 Å². The van der Waals surface area contributed by atoms with Crippen molar-refractivity contribution in [3.05, 3.63) is 0 Å². The maximum atomic E-state index is 13.5. The van der Waals surface area contributed by atoms with E-state index < -0.39 is 64.4 Å². The highest BCUT2D eigenvalue weighted by Gasteiger charge is 2.30. The third kappa shape index (κ3) is 25.9. The van der Waals surface area contributed by atoms with Crippen LogP contribution in [-0.4, -0.2) is 149 Å². The Bertz CT molecular complexity index is 1330. The molecule has 0 aliphatic carbocycles. The summed E-state index contributed by atoms with van der Waals surface area (Å²) >= 11 is 0. The molecule has 17 heteroatoms. The molecule has 0 unspecified atom stereocenters. The number of ether oxygens (including phenoxy) is 5. The Morgan fingerprint density at radius 2 is 0.655 bits per heavy atom. The van der Waals surface area contributed by atoms with Crippen molar-refractivity contribution in [3.63, 3.8) is 0 Å². The maximum absolute atomic E-state index is 13.5. The molecule has 0 aliphatic heterocycles. The summed E-state index contributed by atoms with van der Waals surface area (Å²) < 4.78 is 27.8. The molecular weight excluding hydrogens is 716 g/mol. The van der Waals surface area contributed by atoms with Gasteiger partial charge in [0.25, 0.3) is 5.91 Å². The summed E-state index contributed by atoms with van der Waals surface area (Å²) in [6.07, 6.45) is 1.74. The molecule has 0 aromatic heterocycles. The smallest absolute Gasteiger partial charge is 0.410 e. The largest absolute Gasteiger partial charge is 0.444 e. The van der Waals surface area contributed by atoms with E-state index >= 15 is 0 Å². The fraction of sp³-hybridized carbons (Fsp3) is 0.789. The highest BCUT2D eigenvalue weighted by atomic mass is 16.6. The van der Waals surface area contributed by atoms with Gasteiger partial charge in [-0.3, -0.25) is 4.79 Å². The first-order valence-electron chi connectivity index (χ1n) is 18.4. The van der Waals surface area contributed by atoms with E-state index in [1.54, 1.807) is 104 Å². The molecule has 0 aromatic carbocycles. The van der Waals surface area contributed by atoms with Crippen molar-refractivity contribution in [1.82, 2.24) is 30.2 Å². The third-order valence-electron chi connectivity index (χ3n) is 6.37. The first-order chi connectivity index (χ1) is 24.8. The zero-order valence-corrected chi connectivity index (χ0v) is 35.9. The second kappa shape index (κ2) is 21.5. The minimum Gasteiger partial charge on any atom is -0.444 e. The number of nitrogens with zero attached hydrogens (tertiary/aromatic N) is 4. The van der Waals surface area contributed by atoms with Crippen LogP contribution in [0.25, 0.3) is 0 Å². The molecule has 0 heterocycles. The lowest BCUT2D eigenvalue weighted by Gasteiger charge is -2.34. The van der Waals surface area contributed by atoms with Crippen molar-refractivity contribution in [2.24, 2.45) is 0 Å². The van der Waals surface area contributed by atoms with Gasteiger partial charge < -0.3 is 53.9 Å². The van der Waals surface area contributed by atoms with Crippen LogP contribution >= 0.6 is 0 Å². The number of rotatable bonds is 15. The van der Waals surface area contributed by atoms with Crippen molar-refractivity contribution in [2.75, 3.05) is 65.4 Å². The van der Waals surface area contributed by atoms with Gasteiger partial charge in [-0.05, 0) is 110 Å². The molecule has 0 aliphatic rings. The van der Waals surface area contributed by atoms with Gasteiger partial charge in [0.2, 0.25) is 0 Å². The second-order valence-electron chi connectivity index (χ2n) is 17.7. The topological polar surface area (TPSA) is 186 Å². The first kappa shape index (κ1) is 50.4. The average molecular weight is 785 g/mol. The number of hydrogen-bond acceptors (Lipinski definition) is 11. The lowest BCUT2D eigenvalue weighted by atomic mass is 10.2. The zero-order valence-electron chi connectivity index (χ0n) is 35.9. The highest BCUT2D eigenvalue weighted by Crippen LogP contribution is 2.15. The fourth-order valence-corrected chi connectivity index (χ4v) is 4.17. The number of alkyl carbamates (subject to hydrolysis) is 1. The van der Waals surface area contributed by atoms with Gasteiger partial charge in [0.1, 0.15) is 28.0 Å². The minimum atomic E-state index is -0.870. The van der Waals surface area contributed by atoms with Crippen LogP contribution in [0.3, 0.4) is 0 Å². The number of terminal acetylenes is 1. The third-order valence-corrected chi connectivity index (χ3v) is 6.37. The summed E-state index contributed by atoms with van der Waals surface area (Å²) in [5.74, 6) is 1.30. The van der Waals surface area contributed by atoms with E-state index in [-0.39, 0.29) is 65.4 Å². The standard InChI is InChI=1S/C38H68N6O11/c1-17-28(45)39-18-20-41(30(47)52-35(5,6)7)22-24-43(32(49)54-37(11,12)13)26-27-44(33(50)55-38(14,15)16)25-23-42(31(48)53-36(8,9)10)21-19-40-29(46)51-34(2,3)4/h1H,18-27H2,2-16H3,(H,39,45)(H,40,46). The molecule has 0 atom stereocenters. The van der Waals surface area contributed by atoms with Gasteiger partial charge in [0.15, 0.2) is 0 Å². The van der Waals surface area contributed by atoms with Gasteiger partial charge in [-0.2, -0.15) is 0 Å². The first-order valence-corrected chi connectivity index (χ1v) is 18.4. The normalized spacial score (nSPS) is 12.0. The fourth-order valence-electron chi connectivity index (χ4n) is 4.17. The molecular formula is C38H68N6O11. The molecule has 0 fully saturated rings. The van der Waals surface area contributed by atoms with E-state index in [0.717, 1.165) is 0 Å². The van der Waals surface area contributed by atoms with Gasteiger partial charge in [0, 0.05) is 65.4 Å². The predicted molar refractivity (Wildman–Crippen MR) is 207 cm³/mol. The predicted octanol–water partition coefficient (Wildman–Crippen LogP) is 5.21. The summed E-state index contributed by atoms with van der Waals surface area (Å²) in [6, 6.07) is 0. The van der Waals surface area contributed by atoms with Crippen LogP contribution in [0.5, 0.6) is 0 Å². The Morgan fingerprint density at radius 3 is 0.891 bits per heavy atom. The molecule has 0 spiro atoms. The van der Waals surface area contributed by atoms with Crippen LogP contribution in [0.1, 0.15) is 104 Å². The van der Waals surface area contributed by atoms with Crippen LogP contribution < -0.4 is 10.6 Å². The lowest BCUT2D eigenvalue weighted by Crippen LogP contribution is -2.50. The maximum Gasteiger partial charge on any atom is 0.410 e. The molecule has 0 saturated heterocycles. The van der Waals surface area contributed by atoms with Gasteiger partial charge in [-0.25, -0.2) is 24.0 Å². The molecule has 0 saturated carbocycles. The molecule has 0 radical (unpaired) electrons. The van der Waals surface area contributed by atoms with Crippen molar-refractivity contribution in [2.45, 2.75) is 132 Å². The average Bonchev–Trinajstić information content (AvgIpc) is 2.95. The quantitative estimate of drug-likeness (QED) is 0.164. The minimum absolute atomic E-state index is 0.0214. The Morgan fingerprint density at radius 1 is 0.418 bits per heavy atom. The molecule has 2 N–H and O–H groups in total. The van der Waals surface area contributed by atoms with E-state index in [9.17, 15) is 28.8 Å². The summed E-state index contributed by atoms with van der Waals surface area (Å²) in [6.45, 7) is 25.6. The van der Waals surface area contributed by atoms with Gasteiger partial charge in [0.05, 0.1) is 0 Å². The van der Waals surface area contributed by atoms with E-state index in [1.807, 2.05) is 5.92 Å². The van der Waals surface area contributed by atoms with Crippen molar-refractivity contribution < 1.29 is 52.5 Å². The number of carbonyl (C=O) groups is 6. The number of amides is 6. The summed E-state index contributed by atoms with van der Waals surface area (Å²) in [4.78, 5) is 82.8. The van der Waals surface area contributed by atoms with E-state index in [2.05, 4.69) is 10.6 Å². The number of hydrogen-bond donors (Lipinski definition) is 2. The molecule has 17 nitrogen and oxygen atoms in total. The van der Waals surface area contributed by atoms with Crippen LogP contribution in [0, 0.1) is 12.3 Å². The monoisotopic (exact) mass is 784 g/mol. The molecule has 0 aromatic rings. The Balaban J connectivity index is 6.36. The molecule has 0 rings (SSSR count). The highest BCUT2D eigenvalue weighted by molar-refractivity contribution is 5.92. The molecule has 316 valence electrons. The molecule has 0 bridgehead atoms. The second-order valence-corrected chi connectivity index (χ2v) is 17.7. The van der Waals surface area contributed by atoms with E-state index in [4.69, 9.17) is 30.1 Å². The zero-order chi connectivity index (χ0) is 43.0. The molecule has 6 amide bonds. The molecule has 55 heavy (non-hydrogen) atoms. The van der Waals surface area contributed by atoms with Crippen LogP contribution in [0.4, 0.5) is 24.0 Å². The number of carbonyl (C=O) groups excluding carboxylic acids is 6. The Kier molecular flexibility index (Phi) is 19.7. The van der Waals surface area contributed by atoms with Crippen molar-refractivity contribution in [3.8, 4) is 12.3 Å². The van der Waals surface area contributed by atoms with Gasteiger partial charge in [-0.15, -0.1) is 6.42 Å². The van der Waals surface area contributed by atoms with Crippen LogP contribution in [0.2, 0.25) is 0 Å². The summed E-state index contributed by atoms with van der Waals surface area (Å²) in [5.41, 5.74) is -4.11. The van der Waals surface area contributed by atoms with E-state index in [1.165, 1.54) is 19.6 Å². The van der Waals surface area contributed by atoms with Crippen LogP contribution in [0.15, 0.2) is 0 Å². The Labute approximate surface area is 328 Å².